The zero-order valence-electron chi connectivity index (χ0n) is 7.13. The van der Waals surface area contributed by atoms with Gasteiger partial charge in [0.05, 0.1) is 12.7 Å². The lowest BCUT2D eigenvalue weighted by molar-refractivity contribution is 0.110. The third kappa shape index (κ3) is 1.99. The van der Waals surface area contributed by atoms with E-state index in [1.165, 1.54) is 7.11 Å². The number of methoxy groups -OCH3 is 1. The highest BCUT2D eigenvalue weighted by Crippen LogP contribution is 2.33. The van der Waals surface area contributed by atoms with Gasteiger partial charge in [-0.25, -0.2) is 13.8 Å². The minimum Gasteiger partial charge on any atom is -0.493 e. The minimum atomic E-state index is -2.75. The fourth-order valence-electron chi connectivity index (χ4n) is 1.01. The van der Waals surface area contributed by atoms with Crippen LogP contribution in [0.4, 0.5) is 8.78 Å². The molecule has 0 saturated carbocycles. The second-order valence-corrected chi connectivity index (χ2v) is 3.39. The van der Waals surface area contributed by atoms with E-state index in [-0.39, 0.29) is 11.3 Å². The van der Waals surface area contributed by atoms with Crippen molar-refractivity contribution in [3.8, 4) is 5.75 Å². The Morgan fingerprint density at radius 2 is 2.29 bits per heavy atom. The number of rotatable bonds is 3. The molecule has 0 atom stereocenters. The molecule has 0 N–H and O–H groups in total. The smallest absolute Gasteiger partial charge is 0.268 e. The van der Waals surface area contributed by atoms with E-state index in [4.69, 9.17) is 4.74 Å². The summed E-state index contributed by atoms with van der Waals surface area (Å²) in [5.74, 6) is -0.0369. The lowest BCUT2D eigenvalue weighted by Gasteiger charge is -2.10. The summed E-state index contributed by atoms with van der Waals surface area (Å²) in [7, 11) is 1.26. The van der Waals surface area contributed by atoms with Gasteiger partial charge in [-0.05, 0) is 22.6 Å². The highest BCUT2D eigenvalue weighted by atomic mass is 127. The average Bonchev–Trinajstić information content (AvgIpc) is 2.17. The number of ether oxygens (including phenoxy) is 1. The number of alkyl halides is 2. The Hall–Kier alpha value is -0.790. The Morgan fingerprint density at radius 1 is 1.64 bits per heavy atom. The first-order valence-corrected chi connectivity index (χ1v) is 4.65. The Balaban J connectivity index is 3.43. The van der Waals surface area contributed by atoms with Crippen LogP contribution in [0.5, 0.6) is 5.75 Å². The van der Waals surface area contributed by atoms with E-state index < -0.39 is 12.0 Å². The zero-order chi connectivity index (χ0) is 10.7. The molecule has 0 spiro atoms. The van der Waals surface area contributed by atoms with Crippen LogP contribution in [0, 0.1) is 3.70 Å². The van der Waals surface area contributed by atoms with Crippen LogP contribution < -0.4 is 4.74 Å². The van der Waals surface area contributed by atoms with Gasteiger partial charge in [0.1, 0.15) is 3.70 Å². The van der Waals surface area contributed by atoms with E-state index in [1.807, 2.05) is 0 Å². The highest BCUT2D eigenvalue weighted by molar-refractivity contribution is 14.1. The molecule has 1 aromatic rings. The number of carbonyl (C=O) groups is 1. The number of pyridine rings is 1. The highest BCUT2D eigenvalue weighted by Gasteiger charge is 2.21. The van der Waals surface area contributed by atoms with Crippen molar-refractivity contribution in [3.05, 3.63) is 21.0 Å². The molecule has 0 bridgehead atoms. The van der Waals surface area contributed by atoms with Crippen LogP contribution in [0.15, 0.2) is 6.20 Å². The van der Waals surface area contributed by atoms with Crippen LogP contribution >= 0.6 is 22.6 Å². The van der Waals surface area contributed by atoms with E-state index in [2.05, 4.69) is 4.98 Å². The number of hydrogen-bond donors (Lipinski definition) is 0. The standard InChI is InChI=1S/C8H6F2INO2/c1-14-6-5(7(9)10)4(3-13)2-12-8(6)11/h2-3,7H,1H3. The van der Waals surface area contributed by atoms with Crippen molar-refractivity contribution in [3.63, 3.8) is 0 Å². The molecule has 76 valence electrons. The van der Waals surface area contributed by atoms with Crippen molar-refractivity contribution >= 4 is 28.9 Å². The van der Waals surface area contributed by atoms with Crippen molar-refractivity contribution in [1.29, 1.82) is 0 Å². The zero-order valence-corrected chi connectivity index (χ0v) is 9.29. The molecule has 1 rings (SSSR count). The van der Waals surface area contributed by atoms with E-state index in [0.717, 1.165) is 6.20 Å². The molecule has 6 heteroatoms. The second kappa shape index (κ2) is 4.63. The predicted octanol–water partition coefficient (Wildman–Crippen LogP) is 2.44. The molecule has 0 unspecified atom stereocenters. The van der Waals surface area contributed by atoms with Gasteiger partial charge in [-0.1, -0.05) is 0 Å². The number of aromatic nitrogens is 1. The molecular weight excluding hydrogens is 307 g/mol. The summed E-state index contributed by atoms with van der Waals surface area (Å²) in [6.07, 6.45) is -1.30. The summed E-state index contributed by atoms with van der Waals surface area (Å²) in [6.45, 7) is 0. The van der Waals surface area contributed by atoms with Crippen LogP contribution in [0.25, 0.3) is 0 Å². The summed E-state index contributed by atoms with van der Waals surface area (Å²) in [5.41, 5.74) is -0.542. The predicted molar refractivity (Wildman–Crippen MR) is 53.9 cm³/mol. The van der Waals surface area contributed by atoms with Gasteiger partial charge in [0.25, 0.3) is 6.43 Å². The summed E-state index contributed by atoms with van der Waals surface area (Å²) >= 11 is 1.77. The molecule has 14 heavy (non-hydrogen) atoms. The molecule has 0 fully saturated rings. The van der Waals surface area contributed by atoms with Crippen molar-refractivity contribution in [2.45, 2.75) is 6.43 Å². The van der Waals surface area contributed by atoms with Crippen LogP contribution in [0.2, 0.25) is 0 Å². The lowest BCUT2D eigenvalue weighted by atomic mass is 10.1. The van der Waals surface area contributed by atoms with Gasteiger partial charge in [0, 0.05) is 11.8 Å². The number of aldehydes is 1. The SMILES string of the molecule is COc1c(I)ncc(C=O)c1C(F)F. The normalized spacial score (nSPS) is 10.4. The Kier molecular flexibility index (Phi) is 3.73. The molecule has 0 saturated heterocycles. The van der Waals surface area contributed by atoms with Crippen molar-refractivity contribution < 1.29 is 18.3 Å². The van der Waals surface area contributed by atoms with Gasteiger partial charge in [0.15, 0.2) is 12.0 Å². The van der Waals surface area contributed by atoms with E-state index >= 15 is 0 Å². The monoisotopic (exact) mass is 313 g/mol. The van der Waals surface area contributed by atoms with Gasteiger partial charge in [0.2, 0.25) is 0 Å². The molecule has 0 aliphatic heterocycles. The van der Waals surface area contributed by atoms with Gasteiger partial charge >= 0.3 is 0 Å². The summed E-state index contributed by atoms with van der Waals surface area (Å²) in [4.78, 5) is 14.2. The Bertz CT molecular complexity index is 357. The number of hydrogen-bond acceptors (Lipinski definition) is 3. The van der Waals surface area contributed by atoms with Crippen molar-refractivity contribution in [2.24, 2.45) is 0 Å². The largest absolute Gasteiger partial charge is 0.493 e. The van der Waals surface area contributed by atoms with Gasteiger partial charge in [-0.3, -0.25) is 4.79 Å². The van der Waals surface area contributed by atoms with Crippen LogP contribution in [-0.4, -0.2) is 18.4 Å². The maximum atomic E-state index is 12.6. The fraction of sp³-hybridized carbons (Fsp3) is 0.250. The third-order valence-electron chi connectivity index (χ3n) is 1.61. The lowest BCUT2D eigenvalue weighted by Crippen LogP contribution is -2.02. The quantitative estimate of drug-likeness (QED) is 0.489. The summed E-state index contributed by atoms with van der Waals surface area (Å²) in [6, 6.07) is 0. The van der Waals surface area contributed by atoms with Gasteiger partial charge in [-0.15, -0.1) is 0 Å². The number of carbonyl (C=O) groups excluding carboxylic acids is 1. The first kappa shape index (κ1) is 11.3. The molecule has 0 aromatic carbocycles. The van der Waals surface area contributed by atoms with E-state index in [1.54, 1.807) is 22.6 Å². The van der Waals surface area contributed by atoms with Crippen molar-refractivity contribution in [2.75, 3.05) is 7.11 Å². The maximum absolute atomic E-state index is 12.6. The Labute approximate surface area is 92.6 Å². The van der Waals surface area contributed by atoms with Crippen molar-refractivity contribution in [1.82, 2.24) is 4.98 Å². The van der Waals surface area contributed by atoms with Crippen LogP contribution in [-0.2, 0) is 0 Å². The Morgan fingerprint density at radius 3 is 2.71 bits per heavy atom. The summed E-state index contributed by atoms with van der Waals surface area (Å²) in [5, 5.41) is 0. The maximum Gasteiger partial charge on any atom is 0.268 e. The molecule has 1 aromatic heterocycles. The fourth-order valence-corrected chi connectivity index (χ4v) is 1.66. The molecule has 0 aliphatic carbocycles. The molecular formula is C8H6F2INO2. The summed E-state index contributed by atoms with van der Waals surface area (Å²) < 4.78 is 30.2. The molecule has 3 nitrogen and oxygen atoms in total. The van der Waals surface area contributed by atoms with Crippen LogP contribution in [0.3, 0.4) is 0 Å². The average molecular weight is 313 g/mol. The second-order valence-electron chi connectivity index (χ2n) is 2.37. The molecule has 0 aliphatic rings. The van der Waals surface area contributed by atoms with Crippen LogP contribution in [0.1, 0.15) is 22.3 Å². The first-order chi connectivity index (χ1) is 6.61. The first-order valence-electron chi connectivity index (χ1n) is 3.57. The minimum absolute atomic E-state index is 0.0369. The van der Waals surface area contributed by atoms with E-state index in [0.29, 0.717) is 9.99 Å². The molecule has 0 radical (unpaired) electrons. The van der Waals surface area contributed by atoms with Gasteiger partial charge < -0.3 is 4.74 Å². The van der Waals surface area contributed by atoms with Gasteiger partial charge in [-0.2, -0.15) is 0 Å². The number of nitrogens with zero attached hydrogens (tertiary/aromatic N) is 1. The molecule has 0 amide bonds. The third-order valence-corrected chi connectivity index (χ3v) is 2.38. The van der Waals surface area contributed by atoms with E-state index in [9.17, 15) is 13.6 Å². The number of halogens is 3. The topological polar surface area (TPSA) is 39.2 Å². The molecule has 1 heterocycles.